The lowest BCUT2D eigenvalue weighted by Gasteiger charge is -2.19. The van der Waals surface area contributed by atoms with Gasteiger partial charge in [0.15, 0.2) is 0 Å². The third-order valence-corrected chi connectivity index (χ3v) is 3.03. The standard InChI is InChI=1S/C15H19F2NO3/c1-15(2,3)10-6-4-9(5-7-10)13(19)18-11(14(20)21)8-12(16)17/h4-7,11-12H,8H2,1-3H3,(H,18,19)(H,20,21). The summed E-state index contributed by atoms with van der Waals surface area (Å²) in [5.41, 5.74) is 1.18. The number of carbonyl (C=O) groups excluding carboxylic acids is 1. The number of hydrogen-bond acceptors (Lipinski definition) is 2. The van der Waals surface area contributed by atoms with Crippen LogP contribution < -0.4 is 5.32 Å². The van der Waals surface area contributed by atoms with E-state index in [4.69, 9.17) is 5.11 Å². The van der Waals surface area contributed by atoms with Crippen LogP contribution in [-0.4, -0.2) is 29.5 Å². The predicted octanol–water partition coefficient (Wildman–Crippen LogP) is 2.82. The van der Waals surface area contributed by atoms with E-state index in [1.54, 1.807) is 24.3 Å². The maximum absolute atomic E-state index is 12.3. The minimum Gasteiger partial charge on any atom is -0.480 e. The number of nitrogens with one attached hydrogen (secondary N) is 1. The van der Waals surface area contributed by atoms with Gasteiger partial charge in [-0.2, -0.15) is 0 Å². The Bertz CT molecular complexity index is 507. The summed E-state index contributed by atoms with van der Waals surface area (Å²) in [6.45, 7) is 6.06. The van der Waals surface area contributed by atoms with Crippen LogP contribution >= 0.6 is 0 Å². The van der Waals surface area contributed by atoms with E-state index >= 15 is 0 Å². The van der Waals surface area contributed by atoms with E-state index in [0.29, 0.717) is 0 Å². The summed E-state index contributed by atoms with van der Waals surface area (Å²) in [7, 11) is 0. The Morgan fingerprint density at radius 1 is 1.19 bits per heavy atom. The molecule has 0 aliphatic heterocycles. The summed E-state index contributed by atoms with van der Waals surface area (Å²) in [5, 5.41) is 10.9. The Labute approximate surface area is 122 Å². The number of carbonyl (C=O) groups is 2. The summed E-state index contributed by atoms with van der Waals surface area (Å²) in [4.78, 5) is 22.7. The average Bonchev–Trinajstić information content (AvgIpc) is 2.36. The van der Waals surface area contributed by atoms with Crippen LogP contribution in [0.3, 0.4) is 0 Å². The highest BCUT2D eigenvalue weighted by atomic mass is 19.3. The Morgan fingerprint density at radius 2 is 1.71 bits per heavy atom. The van der Waals surface area contributed by atoms with E-state index in [-0.39, 0.29) is 11.0 Å². The van der Waals surface area contributed by atoms with Crippen molar-refractivity contribution in [3.8, 4) is 0 Å². The molecule has 0 aliphatic rings. The number of alkyl halides is 2. The number of halogens is 2. The molecule has 2 N–H and O–H groups in total. The molecular weight excluding hydrogens is 280 g/mol. The lowest BCUT2D eigenvalue weighted by atomic mass is 9.86. The van der Waals surface area contributed by atoms with Gasteiger partial charge in [0, 0.05) is 12.0 Å². The molecular formula is C15H19F2NO3. The highest BCUT2D eigenvalue weighted by molar-refractivity contribution is 5.96. The SMILES string of the molecule is CC(C)(C)c1ccc(C(=O)NC(CC(F)F)C(=O)O)cc1. The van der Waals surface area contributed by atoms with Crippen molar-refractivity contribution in [1.82, 2.24) is 5.32 Å². The van der Waals surface area contributed by atoms with Gasteiger partial charge < -0.3 is 10.4 Å². The molecule has 0 spiro atoms. The minimum atomic E-state index is -2.80. The molecule has 116 valence electrons. The Balaban J connectivity index is 2.81. The molecule has 1 atom stereocenters. The normalized spacial score (nSPS) is 13.0. The summed E-state index contributed by atoms with van der Waals surface area (Å²) in [6, 6.07) is 5.03. The molecule has 4 nitrogen and oxygen atoms in total. The molecule has 21 heavy (non-hydrogen) atoms. The number of hydrogen-bond donors (Lipinski definition) is 2. The molecule has 0 aliphatic carbocycles. The number of amides is 1. The Morgan fingerprint density at radius 3 is 2.10 bits per heavy atom. The van der Waals surface area contributed by atoms with Crippen LogP contribution in [0.25, 0.3) is 0 Å². The molecule has 1 amide bonds. The monoisotopic (exact) mass is 299 g/mol. The average molecular weight is 299 g/mol. The molecule has 1 rings (SSSR count). The molecule has 0 saturated carbocycles. The largest absolute Gasteiger partial charge is 0.480 e. The Kier molecular flexibility index (Phi) is 5.41. The van der Waals surface area contributed by atoms with E-state index in [2.05, 4.69) is 5.32 Å². The maximum Gasteiger partial charge on any atom is 0.326 e. The lowest BCUT2D eigenvalue weighted by Crippen LogP contribution is -2.42. The first kappa shape index (κ1) is 17.1. The first-order valence-electron chi connectivity index (χ1n) is 6.53. The first-order chi connectivity index (χ1) is 9.61. The summed E-state index contributed by atoms with van der Waals surface area (Å²) in [5.74, 6) is -2.15. The van der Waals surface area contributed by atoms with Crippen molar-refractivity contribution >= 4 is 11.9 Å². The van der Waals surface area contributed by atoms with Crippen molar-refractivity contribution in [2.24, 2.45) is 0 Å². The smallest absolute Gasteiger partial charge is 0.326 e. The minimum absolute atomic E-state index is 0.0751. The van der Waals surface area contributed by atoms with Gasteiger partial charge in [0.05, 0.1) is 0 Å². The fraction of sp³-hybridized carbons (Fsp3) is 0.467. The van der Waals surface area contributed by atoms with Crippen LogP contribution in [0.1, 0.15) is 43.1 Å². The van der Waals surface area contributed by atoms with Gasteiger partial charge in [0.2, 0.25) is 6.43 Å². The van der Waals surface area contributed by atoms with Crippen molar-refractivity contribution in [3.05, 3.63) is 35.4 Å². The third-order valence-electron chi connectivity index (χ3n) is 3.03. The van der Waals surface area contributed by atoms with E-state index < -0.39 is 30.8 Å². The van der Waals surface area contributed by atoms with Crippen molar-refractivity contribution in [2.75, 3.05) is 0 Å². The van der Waals surface area contributed by atoms with Gasteiger partial charge in [0.25, 0.3) is 5.91 Å². The van der Waals surface area contributed by atoms with Crippen LogP contribution in [0.15, 0.2) is 24.3 Å². The van der Waals surface area contributed by atoms with E-state index in [1.807, 2.05) is 20.8 Å². The molecule has 0 aromatic heterocycles. The van der Waals surface area contributed by atoms with E-state index in [1.165, 1.54) is 0 Å². The molecule has 0 heterocycles. The van der Waals surface area contributed by atoms with E-state index in [9.17, 15) is 18.4 Å². The van der Waals surface area contributed by atoms with Gasteiger partial charge in [-0.15, -0.1) is 0 Å². The fourth-order valence-corrected chi connectivity index (χ4v) is 1.76. The van der Waals surface area contributed by atoms with Crippen molar-refractivity contribution in [2.45, 2.75) is 45.1 Å². The molecule has 0 radical (unpaired) electrons. The van der Waals surface area contributed by atoms with Crippen LogP contribution in [0.2, 0.25) is 0 Å². The zero-order chi connectivity index (χ0) is 16.2. The maximum atomic E-state index is 12.3. The molecule has 1 aromatic carbocycles. The molecule has 0 bridgehead atoms. The van der Waals surface area contributed by atoms with Gasteiger partial charge in [-0.1, -0.05) is 32.9 Å². The van der Waals surface area contributed by atoms with Crippen LogP contribution in [0, 0.1) is 0 Å². The van der Waals surface area contributed by atoms with Gasteiger partial charge in [-0.25, -0.2) is 13.6 Å². The molecule has 6 heteroatoms. The molecule has 0 fully saturated rings. The zero-order valence-corrected chi connectivity index (χ0v) is 12.2. The van der Waals surface area contributed by atoms with Gasteiger partial charge in [-0.3, -0.25) is 4.79 Å². The number of aliphatic carboxylic acids is 1. The quantitative estimate of drug-likeness (QED) is 0.878. The highest BCUT2D eigenvalue weighted by Crippen LogP contribution is 2.22. The van der Waals surface area contributed by atoms with Gasteiger partial charge >= 0.3 is 5.97 Å². The fourth-order valence-electron chi connectivity index (χ4n) is 1.76. The molecule has 0 saturated heterocycles. The lowest BCUT2D eigenvalue weighted by molar-refractivity contribution is -0.140. The van der Waals surface area contributed by atoms with E-state index in [0.717, 1.165) is 5.56 Å². The van der Waals surface area contributed by atoms with Crippen LogP contribution in [0.4, 0.5) is 8.78 Å². The number of carboxylic acids is 1. The van der Waals surface area contributed by atoms with Crippen LogP contribution in [-0.2, 0) is 10.2 Å². The van der Waals surface area contributed by atoms with Crippen LogP contribution in [0.5, 0.6) is 0 Å². The summed E-state index contributed by atoms with van der Waals surface area (Å²) in [6.07, 6.45) is -3.71. The van der Waals surface area contributed by atoms with Gasteiger partial charge in [-0.05, 0) is 23.1 Å². The summed E-state index contributed by atoms with van der Waals surface area (Å²) < 4.78 is 24.5. The predicted molar refractivity (Wildman–Crippen MR) is 74.7 cm³/mol. The number of rotatable bonds is 5. The second kappa shape index (κ2) is 6.65. The Hall–Kier alpha value is -1.98. The van der Waals surface area contributed by atoms with Crippen molar-refractivity contribution < 1.29 is 23.5 Å². The zero-order valence-electron chi connectivity index (χ0n) is 12.2. The molecule has 1 aromatic rings. The second-order valence-corrected chi connectivity index (χ2v) is 5.82. The second-order valence-electron chi connectivity index (χ2n) is 5.82. The number of carboxylic acid groups (broad SMARTS) is 1. The number of benzene rings is 1. The van der Waals surface area contributed by atoms with Gasteiger partial charge in [0.1, 0.15) is 6.04 Å². The first-order valence-corrected chi connectivity index (χ1v) is 6.53. The topological polar surface area (TPSA) is 66.4 Å². The summed E-state index contributed by atoms with van der Waals surface area (Å²) >= 11 is 0. The third kappa shape index (κ3) is 5.13. The molecule has 1 unspecified atom stereocenters. The van der Waals surface area contributed by atoms with Crippen molar-refractivity contribution in [3.63, 3.8) is 0 Å². The highest BCUT2D eigenvalue weighted by Gasteiger charge is 2.24. The van der Waals surface area contributed by atoms with Crippen molar-refractivity contribution in [1.29, 1.82) is 0 Å².